The predicted molar refractivity (Wildman–Crippen MR) is 47.6 cm³/mol. The van der Waals surface area contributed by atoms with E-state index in [1.807, 2.05) is 6.92 Å². The zero-order chi connectivity index (χ0) is 9.52. The molecule has 0 aliphatic carbocycles. The first kappa shape index (κ1) is 9.51. The van der Waals surface area contributed by atoms with Gasteiger partial charge in [-0.1, -0.05) is 12.1 Å². The number of oxime groups is 1. The molecular weight excluding hydrogens is 170 g/mol. The summed E-state index contributed by atoms with van der Waals surface area (Å²) in [5, 5.41) is 3.63. The van der Waals surface area contributed by atoms with Gasteiger partial charge in [0.25, 0.3) is 0 Å². The van der Waals surface area contributed by atoms with Gasteiger partial charge in [-0.15, -0.1) is 0 Å². The Bertz CT molecular complexity index is 277. The third-order valence-electron chi connectivity index (χ3n) is 1.34. The molecule has 1 aromatic rings. The molecule has 13 heavy (non-hydrogen) atoms. The van der Waals surface area contributed by atoms with Crippen molar-refractivity contribution in [1.29, 1.82) is 0 Å². The first-order chi connectivity index (χ1) is 6.38. The molecule has 0 aliphatic heterocycles. The van der Waals surface area contributed by atoms with Gasteiger partial charge in [0.2, 0.25) is 0 Å². The number of furan rings is 1. The molecule has 1 heterocycles. The van der Waals surface area contributed by atoms with Crippen molar-refractivity contribution in [3.05, 3.63) is 24.2 Å². The van der Waals surface area contributed by atoms with Crippen LogP contribution >= 0.6 is 0 Å². The van der Waals surface area contributed by atoms with Crippen LogP contribution in [0.2, 0.25) is 0 Å². The molecule has 0 saturated heterocycles. The van der Waals surface area contributed by atoms with Crippen LogP contribution in [-0.2, 0) is 9.63 Å². The van der Waals surface area contributed by atoms with Gasteiger partial charge in [-0.25, -0.2) is 0 Å². The highest BCUT2D eigenvalue weighted by molar-refractivity contribution is 6.35. The van der Waals surface area contributed by atoms with Crippen LogP contribution in [0.25, 0.3) is 0 Å². The molecule has 0 amide bonds. The van der Waals surface area contributed by atoms with Crippen molar-refractivity contribution in [3.8, 4) is 0 Å². The van der Waals surface area contributed by atoms with E-state index in [1.165, 1.54) is 6.26 Å². The fourth-order valence-corrected chi connectivity index (χ4v) is 0.755. The number of nitrogens with zero attached hydrogens (tertiary/aromatic N) is 1. The van der Waals surface area contributed by atoms with Crippen LogP contribution in [0.15, 0.2) is 28.0 Å². The van der Waals surface area contributed by atoms with E-state index in [9.17, 15) is 4.79 Å². The van der Waals surface area contributed by atoms with E-state index in [0.29, 0.717) is 18.7 Å². The van der Waals surface area contributed by atoms with Crippen molar-refractivity contribution >= 4 is 12.0 Å². The summed E-state index contributed by atoms with van der Waals surface area (Å²) in [5.74, 6) is 0.422. The van der Waals surface area contributed by atoms with Crippen LogP contribution in [0, 0.1) is 0 Å². The minimum absolute atomic E-state index is 0.179. The first-order valence-corrected chi connectivity index (χ1v) is 4.07. The lowest BCUT2D eigenvalue weighted by molar-refractivity contribution is -0.102. The number of hydrogen-bond donors (Lipinski definition) is 0. The minimum Gasteiger partial charge on any atom is -0.462 e. The van der Waals surface area contributed by atoms with Crippen molar-refractivity contribution in [2.45, 2.75) is 13.3 Å². The van der Waals surface area contributed by atoms with Crippen LogP contribution in [0.4, 0.5) is 0 Å². The molecule has 4 heteroatoms. The van der Waals surface area contributed by atoms with Gasteiger partial charge in [-0.05, 0) is 18.6 Å². The van der Waals surface area contributed by atoms with Gasteiger partial charge in [-0.3, -0.25) is 4.79 Å². The highest BCUT2D eigenvalue weighted by Crippen LogP contribution is 2.01. The number of carbonyl (C=O) groups excluding carboxylic acids is 1. The number of carbonyl (C=O) groups is 1. The largest absolute Gasteiger partial charge is 0.462 e. The Morgan fingerprint density at radius 1 is 1.77 bits per heavy atom. The molecule has 4 nitrogen and oxygen atoms in total. The second kappa shape index (κ2) is 5.13. The third kappa shape index (κ3) is 2.74. The maximum Gasteiger partial charge on any atom is 0.184 e. The predicted octanol–water partition coefficient (Wildman–Crippen LogP) is 1.61. The molecule has 1 rings (SSSR count). The Morgan fingerprint density at radius 3 is 3.15 bits per heavy atom. The van der Waals surface area contributed by atoms with Crippen molar-refractivity contribution in [3.63, 3.8) is 0 Å². The molecule has 1 aromatic heterocycles. The minimum atomic E-state index is 0.179. The Balaban J connectivity index is 2.62. The summed E-state index contributed by atoms with van der Waals surface area (Å²) in [6.45, 7) is 2.46. The van der Waals surface area contributed by atoms with Crippen LogP contribution in [0.5, 0.6) is 0 Å². The Morgan fingerprint density at radius 2 is 2.62 bits per heavy atom. The van der Waals surface area contributed by atoms with E-state index in [-0.39, 0.29) is 5.71 Å². The first-order valence-electron chi connectivity index (χ1n) is 4.07. The maximum absolute atomic E-state index is 10.5. The Kier molecular flexibility index (Phi) is 3.75. The summed E-state index contributed by atoms with van der Waals surface area (Å²) < 4.78 is 4.98. The zero-order valence-corrected chi connectivity index (χ0v) is 7.40. The smallest absolute Gasteiger partial charge is 0.184 e. The molecule has 0 saturated carbocycles. The van der Waals surface area contributed by atoms with E-state index >= 15 is 0 Å². The number of rotatable bonds is 5. The van der Waals surface area contributed by atoms with Crippen LogP contribution in [0.1, 0.15) is 19.1 Å². The fourth-order valence-electron chi connectivity index (χ4n) is 0.755. The van der Waals surface area contributed by atoms with Gasteiger partial charge in [0.05, 0.1) is 6.26 Å². The summed E-state index contributed by atoms with van der Waals surface area (Å²) in [5.41, 5.74) is 0.179. The molecule has 0 atom stereocenters. The second-order valence-corrected chi connectivity index (χ2v) is 2.40. The summed E-state index contributed by atoms with van der Waals surface area (Å²) in [4.78, 5) is 15.4. The SMILES string of the molecule is CCCO/N=C(/C=O)c1ccco1. The normalized spacial score (nSPS) is 11.3. The van der Waals surface area contributed by atoms with Gasteiger partial charge in [-0.2, -0.15) is 0 Å². The van der Waals surface area contributed by atoms with E-state index in [0.717, 1.165) is 6.42 Å². The fraction of sp³-hybridized carbons (Fsp3) is 0.333. The molecule has 0 bridgehead atoms. The molecule has 0 spiro atoms. The van der Waals surface area contributed by atoms with Crippen molar-refractivity contribution < 1.29 is 14.0 Å². The van der Waals surface area contributed by atoms with Gasteiger partial charge < -0.3 is 9.25 Å². The molecule has 0 fully saturated rings. The molecule has 0 N–H and O–H groups in total. The highest BCUT2D eigenvalue weighted by Gasteiger charge is 2.04. The quantitative estimate of drug-likeness (QED) is 0.300. The van der Waals surface area contributed by atoms with Gasteiger partial charge >= 0.3 is 0 Å². The summed E-state index contributed by atoms with van der Waals surface area (Å²) in [6.07, 6.45) is 2.94. The van der Waals surface area contributed by atoms with Crippen molar-refractivity contribution in [2.24, 2.45) is 5.16 Å². The van der Waals surface area contributed by atoms with Gasteiger partial charge in [0.1, 0.15) is 6.61 Å². The van der Waals surface area contributed by atoms with Crippen LogP contribution < -0.4 is 0 Å². The van der Waals surface area contributed by atoms with E-state index in [2.05, 4.69) is 5.16 Å². The standard InChI is InChI=1S/C9H11NO3/c1-2-5-13-10-8(7-11)9-4-3-6-12-9/h3-4,6-7H,2,5H2,1H3/b10-8-. The van der Waals surface area contributed by atoms with E-state index in [4.69, 9.17) is 9.25 Å². The van der Waals surface area contributed by atoms with Crippen LogP contribution in [-0.4, -0.2) is 18.6 Å². The molecule has 0 aromatic carbocycles. The van der Waals surface area contributed by atoms with Crippen LogP contribution in [0.3, 0.4) is 0 Å². The lowest BCUT2D eigenvalue weighted by Crippen LogP contribution is -2.02. The zero-order valence-electron chi connectivity index (χ0n) is 7.40. The summed E-state index contributed by atoms with van der Waals surface area (Å²) in [7, 11) is 0. The molecule has 70 valence electrons. The molecule has 0 unspecified atom stereocenters. The van der Waals surface area contributed by atoms with E-state index in [1.54, 1.807) is 12.1 Å². The summed E-state index contributed by atoms with van der Waals surface area (Å²) in [6, 6.07) is 3.34. The highest BCUT2D eigenvalue weighted by atomic mass is 16.6. The topological polar surface area (TPSA) is 51.8 Å². The molecule has 0 radical (unpaired) electrons. The lowest BCUT2D eigenvalue weighted by Gasteiger charge is -1.95. The van der Waals surface area contributed by atoms with Gasteiger partial charge in [0.15, 0.2) is 17.8 Å². The lowest BCUT2D eigenvalue weighted by atomic mass is 10.3. The molecular formula is C9H11NO3. The number of aldehydes is 1. The van der Waals surface area contributed by atoms with Gasteiger partial charge in [0, 0.05) is 0 Å². The monoisotopic (exact) mass is 181 g/mol. The maximum atomic E-state index is 10.5. The Labute approximate surface area is 76.2 Å². The van der Waals surface area contributed by atoms with Crippen molar-refractivity contribution in [2.75, 3.05) is 6.61 Å². The van der Waals surface area contributed by atoms with Crippen molar-refractivity contribution in [1.82, 2.24) is 0 Å². The average Bonchev–Trinajstić information content (AvgIpc) is 2.65. The average molecular weight is 181 g/mol. The molecule has 0 aliphatic rings. The summed E-state index contributed by atoms with van der Waals surface area (Å²) >= 11 is 0. The third-order valence-corrected chi connectivity index (χ3v) is 1.34. The second-order valence-electron chi connectivity index (χ2n) is 2.40. The number of hydrogen-bond acceptors (Lipinski definition) is 4. The Hall–Kier alpha value is -1.58. The van der Waals surface area contributed by atoms with E-state index < -0.39 is 0 Å².